The normalized spacial score (nSPS) is 15.5. The van der Waals surface area contributed by atoms with Gasteiger partial charge in [0.05, 0.1) is 16.7 Å². The van der Waals surface area contributed by atoms with E-state index in [4.69, 9.17) is 11.6 Å². The van der Waals surface area contributed by atoms with Crippen LogP contribution in [0.2, 0.25) is 5.02 Å². The molecule has 0 aromatic heterocycles. The molecule has 1 aliphatic rings. The lowest BCUT2D eigenvalue weighted by Gasteiger charge is -2.19. The first-order valence-electron chi connectivity index (χ1n) is 8.69. The molecule has 1 fully saturated rings. The maximum absolute atomic E-state index is 12.4. The Balaban J connectivity index is 1.62. The van der Waals surface area contributed by atoms with Crippen LogP contribution in [0.4, 0.5) is 0 Å². The van der Waals surface area contributed by atoms with Crippen LogP contribution >= 0.6 is 11.6 Å². The lowest BCUT2D eigenvalue weighted by molar-refractivity contribution is -0.121. The van der Waals surface area contributed by atoms with E-state index >= 15 is 0 Å². The molecule has 0 spiro atoms. The van der Waals surface area contributed by atoms with Crippen molar-refractivity contribution in [1.82, 2.24) is 5.32 Å². The van der Waals surface area contributed by atoms with Crippen LogP contribution < -0.4 is 5.32 Å². The first-order chi connectivity index (χ1) is 12.3. The number of rotatable bonds is 7. The molecule has 3 rings (SSSR count). The van der Waals surface area contributed by atoms with Crippen LogP contribution in [0, 0.1) is 12.8 Å². The zero-order chi connectivity index (χ0) is 18.7. The Bertz CT molecular complexity index is 872. The molecule has 26 heavy (non-hydrogen) atoms. The van der Waals surface area contributed by atoms with E-state index in [0.29, 0.717) is 10.9 Å². The van der Waals surface area contributed by atoms with E-state index in [9.17, 15) is 13.2 Å². The first-order valence-corrected chi connectivity index (χ1v) is 10.7. The number of aryl methyl sites for hydroxylation is 1. The summed E-state index contributed by atoms with van der Waals surface area (Å²) in [6.45, 7) is 1.90. The van der Waals surface area contributed by atoms with Crippen LogP contribution in [0.15, 0.2) is 53.4 Å². The number of halogens is 1. The summed E-state index contributed by atoms with van der Waals surface area (Å²) >= 11 is 5.93. The maximum Gasteiger partial charge on any atom is 0.221 e. The summed E-state index contributed by atoms with van der Waals surface area (Å²) in [5.41, 5.74) is 2.00. The fraction of sp³-hybridized carbons (Fsp3) is 0.350. The van der Waals surface area contributed by atoms with Crippen molar-refractivity contribution < 1.29 is 13.2 Å². The number of benzene rings is 2. The maximum atomic E-state index is 12.4. The van der Waals surface area contributed by atoms with Gasteiger partial charge in [-0.2, -0.15) is 0 Å². The summed E-state index contributed by atoms with van der Waals surface area (Å²) in [5, 5.41) is 3.65. The third kappa shape index (κ3) is 4.86. The monoisotopic (exact) mass is 391 g/mol. The summed E-state index contributed by atoms with van der Waals surface area (Å²) < 4.78 is 24.8. The fourth-order valence-electron chi connectivity index (χ4n) is 2.91. The smallest absolute Gasteiger partial charge is 0.221 e. The van der Waals surface area contributed by atoms with Crippen molar-refractivity contribution in [2.45, 2.75) is 37.1 Å². The molecule has 1 amide bonds. The molecule has 1 N–H and O–H groups in total. The number of nitrogens with one attached hydrogen (secondary N) is 1. The standard InChI is InChI=1S/C20H22ClNO3S/c1-14-2-10-18(11-3-14)26(24,25)13-12-19(23)22-20(15-4-5-15)16-6-8-17(21)9-7-16/h2-3,6-11,15,20H,4-5,12-13H2,1H3,(H,22,23)/t20-/m1/s1. The highest BCUT2D eigenvalue weighted by molar-refractivity contribution is 7.91. The first kappa shape index (κ1) is 18.9. The van der Waals surface area contributed by atoms with Gasteiger partial charge in [0.1, 0.15) is 0 Å². The third-order valence-corrected chi connectivity index (χ3v) is 6.60. The van der Waals surface area contributed by atoms with Gasteiger partial charge in [0.25, 0.3) is 0 Å². The summed E-state index contributed by atoms with van der Waals surface area (Å²) in [4.78, 5) is 12.6. The molecular weight excluding hydrogens is 370 g/mol. The van der Waals surface area contributed by atoms with Gasteiger partial charge in [-0.05, 0) is 55.5 Å². The second-order valence-electron chi connectivity index (χ2n) is 6.82. The van der Waals surface area contributed by atoms with Gasteiger partial charge in [0, 0.05) is 11.4 Å². The van der Waals surface area contributed by atoms with Crippen molar-refractivity contribution in [3.8, 4) is 0 Å². The summed E-state index contributed by atoms with van der Waals surface area (Å²) in [5.74, 6) is -0.0266. The zero-order valence-electron chi connectivity index (χ0n) is 14.6. The van der Waals surface area contributed by atoms with E-state index in [-0.39, 0.29) is 29.0 Å². The molecule has 1 saturated carbocycles. The van der Waals surface area contributed by atoms with E-state index < -0.39 is 9.84 Å². The van der Waals surface area contributed by atoms with Gasteiger partial charge in [-0.15, -0.1) is 0 Å². The molecule has 0 bridgehead atoms. The SMILES string of the molecule is Cc1ccc(S(=O)(=O)CCC(=O)N[C@@H](c2ccc(Cl)cc2)C2CC2)cc1. The second kappa shape index (κ2) is 7.80. The third-order valence-electron chi connectivity index (χ3n) is 4.62. The molecule has 2 aromatic rings. The van der Waals surface area contributed by atoms with E-state index in [1.165, 1.54) is 0 Å². The van der Waals surface area contributed by atoms with Gasteiger partial charge >= 0.3 is 0 Å². The van der Waals surface area contributed by atoms with Crippen LogP contribution in [-0.4, -0.2) is 20.1 Å². The number of sulfone groups is 1. The lowest BCUT2D eigenvalue weighted by atomic mass is 10.0. The molecule has 6 heteroatoms. The molecule has 1 aliphatic carbocycles. The second-order valence-corrected chi connectivity index (χ2v) is 9.36. The number of hydrogen-bond acceptors (Lipinski definition) is 3. The molecule has 0 heterocycles. The van der Waals surface area contributed by atoms with Crippen LogP contribution in [0.5, 0.6) is 0 Å². The topological polar surface area (TPSA) is 63.2 Å². The highest BCUT2D eigenvalue weighted by atomic mass is 35.5. The van der Waals surface area contributed by atoms with E-state index in [1.807, 2.05) is 19.1 Å². The zero-order valence-corrected chi connectivity index (χ0v) is 16.2. The molecule has 138 valence electrons. The Morgan fingerprint density at radius 1 is 1.12 bits per heavy atom. The van der Waals surface area contributed by atoms with Crippen LogP contribution in [0.1, 0.15) is 36.4 Å². The molecule has 2 aromatic carbocycles. The number of carbonyl (C=O) groups is 1. The van der Waals surface area contributed by atoms with Gasteiger partial charge in [-0.25, -0.2) is 8.42 Å². The van der Waals surface area contributed by atoms with Crippen LogP contribution in [-0.2, 0) is 14.6 Å². The van der Waals surface area contributed by atoms with Crippen molar-refractivity contribution in [3.63, 3.8) is 0 Å². The minimum Gasteiger partial charge on any atom is -0.349 e. The fourth-order valence-corrected chi connectivity index (χ4v) is 4.28. The molecule has 4 nitrogen and oxygen atoms in total. The van der Waals surface area contributed by atoms with E-state index in [2.05, 4.69) is 5.32 Å². The largest absolute Gasteiger partial charge is 0.349 e. The Morgan fingerprint density at radius 2 is 1.73 bits per heavy atom. The highest BCUT2D eigenvalue weighted by Gasteiger charge is 2.33. The molecule has 0 unspecified atom stereocenters. The highest BCUT2D eigenvalue weighted by Crippen LogP contribution is 2.41. The number of hydrogen-bond donors (Lipinski definition) is 1. The van der Waals surface area contributed by atoms with Crippen LogP contribution in [0.3, 0.4) is 0 Å². The Kier molecular flexibility index (Phi) is 5.68. The average molecular weight is 392 g/mol. The molecule has 0 saturated heterocycles. The minimum atomic E-state index is -3.46. The van der Waals surface area contributed by atoms with Crippen molar-refractivity contribution in [2.24, 2.45) is 5.92 Å². The predicted molar refractivity (Wildman–Crippen MR) is 103 cm³/mol. The van der Waals surface area contributed by atoms with Crippen molar-refractivity contribution in [2.75, 3.05) is 5.75 Å². The summed E-state index contributed by atoms with van der Waals surface area (Å²) in [6.07, 6.45) is 2.08. The average Bonchev–Trinajstić information content (AvgIpc) is 3.44. The van der Waals surface area contributed by atoms with Gasteiger partial charge in [0.2, 0.25) is 5.91 Å². The molecular formula is C20H22ClNO3S. The quantitative estimate of drug-likeness (QED) is 0.773. The Labute approximate surface area is 159 Å². The van der Waals surface area contributed by atoms with Crippen molar-refractivity contribution >= 4 is 27.3 Å². The van der Waals surface area contributed by atoms with E-state index in [1.54, 1.807) is 36.4 Å². The predicted octanol–water partition coefficient (Wildman–Crippen LogP) is 4.08. The van der Waals surface area contributed by atoms with Crippen molar-refractivity contribution in [3.05, 3.63) is 64.7 Å². The van der Waals surface area contributed by atoms with Crippen molar-refractivity contribution in [1.29, 1.82) is 0 Å². The number of carbonyl (C=O) groups excluding carboxylic acids is 1. The van der Waals surface area contributed by atoms with Gasteiger partial charge < -0.3 is 5.32 Å². The van der Waals surface area contributed by atoms with E-state index in [0.717, 1.165) is 24.0 Å². The van der Waals surface area contributed by atoms with Gasteiger partial charge in [0.15, 0.2) is 9.84 Å². The summed E-state index contributed by atoms with van der Waals surface area (Å²) in [7, 11) is -3.46. The van der Waals surface area contributed by atoms with Crippen LogP contribution in [0.25, 0.3) is 0 Å². The Morgan fingerprint density at radius 3 is 2.31 bits per heavy atom. The lowest BCUT2D eigenvalue weighted by Crippen LogP contribution is -2.31. The molecule has 0 aliphatic heterocycles. The molecule has 0 radical (unpaired) electrons. The minimum absolute atomic E-state index is 0.0486. The number of amides is 1. The summed E-state index contributed by atoms with van der Waals surface area (Å²) in [6, 6.07) is 14.0. The van der Waals surface area contributed by atoms with Gasteiger partial charge in [-0.3, -0.25) is 4.79 Å². The Hall–Kier alpha value is -1.85. The molecule has 1 atom stereocenters. The van der Waals surface area contributed by atoms with Gasteiger partial charge in [-0.1, -0.05) is 41.4 Å².